The molecule has 0 spiro atoms. The second-order valence-electron chi connectivity index (χ2n) is 4.48. The minimum Gasteiger partial charge on any atom is -0.406 e. The van der Waals surface area contributed by atoms with E-state index in [0.717, 1.165) is 24.3 Å². The molecule has 0 amide bonds. The van der Waals surface area contributed by atoms with E-state index >= 15 is 0 Å². The normalized spacial score (nSPS) is 13.0. The summed E-state index contributed by atoms with van der Waals surface area (Å²) in [6, 6.07) is 2.10. The van der Waals surface area contributed by atoms with E-state index < -0.39 is 47.0 Å². The smallest absolute Gasteiger partial charge is 0.406 e. The van der Waals surface area contributed by atoms with Gasteiger partial charge >= 0.3 is 6.36 Å². The third kappa shape index (κ3) is 3.73. The molecular weight excluding hydrogens is 331 g/mol. The summed E-state index contributed by atoms with van der Waals surface area (Å²) in [5.74, 6) is -7.20. The summed E-state index contributed by atoms with van der Waals surface area (Å²) in [6.07, 6.45) is -4.91. The van der Waals surface area contributed by atoms with Gasteiger partial charge in [0, 0.05) is 6.07 Å². The van der Waals surface area contributed by atoms with Crippen molar-refractivity contribution in [2.45, 2.75) is 12.4 Å². The van der Waals surface area contributed by atoms with E-state index in [1.807, 2.05) is 0 Å². The maximum Gasteiger partial charge on any atom is 0.573 e. The molecule has 1 atom stereocenters. The molecule has 2 rings (SSSR count). The molecule has 0 fully saturated rings. The Morgan fingerprint density at radius 2 is 1.35 bits per heavy atom. The van der Waals surface area contributed by atoms with Gasteiger partial charge in [-0.1, -0.05) is 12.1 Å². The molecule has 0 aliphatic carbocycles. The first-order valence-corrected chi connectivity index (χ1v) is 6.04. The molecule has 0 bridgehead atoms. The predicted molar refractivity (Wildman–Crippen MR) is 65.4 cm³/mol. The molecule has 2 nitrogen and oxygen atoms in total. The molecule has 0 aliphatic heterocycles. The fourth-order valence-corrected chi connectivity index (χ4v) is 1.91. The van der Waals surface area contributed by atoms with Crippen LogP contribution >= 0.6 is 0 Å². The molecule has 124 valence electrons. The van der Waals surface area contributed by atoms with Crippen LogP contribution in [0.4, 0.5) is 30.7 Å². The third-order valence-electron chi connectivity index (χ3n) is 2.93. The van der Waals surface area contributed by atoms with E-state index in [9.17, 15) is 30.7 Å². The fraction of sp³-hybridized carbons (Fsp3) is 0.143. The lowest BCUT2D eigenvalue weighted by Crippen LogP contribution is -2.19. The van der Waals surface area contributed by atoms with Gasteiger partial charge in [-0.15, -0.1) is 13.2 Å². The lowest BCUT2D eigenvalue weighted by Gasteiger charge is -2.16. The minimum atomic E-state index is -4.91. The number of hydrogen-bond donors (Lipinski definition) is 1. The van der Waals surface area contributed by atoms with E-state index in [0.29, 0.717) is 0 Å². The van der Waals surface area contributed by atoms with E-state index in [-0.39, 0.29) is 11.6 Å². The first kappa shape index (κ1) is 17.1. The Balaban J connectivity index is 2.37. The van der Waals surface area contributed by atoms with Crippen LogP contribution in [0.3, 0.4) is 0 Å². The number of benzene rings is 2. The highest BCUT2D eigenvalue weighted by molar-refractivity contribution is 5.37. The van der Waals surface area contributed by atoms with Crippen LogP contribution in [-0.2, 0) is 0 Å². The molecule has 9 heteroatoms. The second kappa shape index (κ2) is 6.07. The largest absolute Gasteiger partial charge is 0.573 e. The zero-order valence-corrected chi connectivity index (χ0v) is 11.1. The lowest BCUT2D eigenvalue weighted by molar-refractivity contribution is -0.274. The zero-order valence-electron chi connectivity index (χ0n) is 11.1. The van der Waals surface area contributed by atoms with Crippen LogP contribution in [0.5, 0.6) is 5.75 Å². The molecule has 0 unspecified atom stereocenters. The number of rotatable bonds is 3. The first-order valence-electron chi connectivity index (χ1n) is 6.04. The quantitative estimate of drug-likeness (QED) is 0.672. The molecule has 0 aromatic heterocycles. The summed E-state index contributed by atoms with van der Waals surface area (Å²) >= 11 is 0. The van der Waals surface area contributed by atoms with Crippen molar-refractivity contribution in [2.75, 3.05) is 0 Å². The van der Waals surface area contributed by atoms with Gasteiger partial charge in [0.25, 0.3) is 0 Å². The predicted octanol–water partition coefficient (Wildman–Crippen LogP) is 4.19. The van der Waals surface area contributed by atoms with Gasteiger partial charge in [0.2, 0.25) is 0 Å². The third-order valence-corrected chi connectivity index (χ3v) is 2.93. The van der Waals surface area contributed by atoms with Gasteiger partial charge in [0.1, 0.15) is 5.75 Å². The van der Waals surface area contributed by atoms with Gasteiger partial charge in [0.15, 0.2) is 23.3 Å². The van der Waals surface area contributed by atoms with Crippen molar-refractivity contribution < 1.29 is 35.5 Å². The molecule has 0 aliphatic rings. The van der Waals surface area contributed by atoms with Crippen molar-refractivity contribution in [1.82, 2.24) is 0 Å². The summed E-state index contributed by atoms with van der Waals surface area (Å²) < 4.78 is 93.3. The van der Waals surface area contributed by atoms with Crippen molar-refractivity contribution in [2.24, 2.45) is 5.73 Å². The average Bonchev–Trinajstić information content (AvgIpc) is 2.44. The SMILES string of the molecule is N[C@H](c1ccc(OC(F)(F)F)cc1)c1c(F)c(F)cc(F)c1F. The lowest BCUT2D eigenvalue weighted by atomic mass is 9.98. The highest BCUT2D eigenvalue weighted by Gasteiger charge is 2.31. The van der Waals surface area contributed by atoms with Gasteiger partial charge in [-0.05, 0) is 17.7 Å². The van der Waals surface area contributed by atoms with Crippen molar-refractivity contribution in [3.8, 4) is 5.75 Å². The summed E-state index contributed by atoms with van der Waals surface area (Å²) in [5, 5.41) is 0. The zero-order chi connectivity index (χ0) is 17.4. The van der Waals surface area contributed by atoms with Gasteiger partial charge < -0.3 is 10.5 Å². The van der Waals surface area contributed by atoms with Crippen LogP contribution in [0.2, 0.25) is 0 Å². The molecular formula is C14H8F7NO. The number of nitrogens with two attached hydrogens (primary N) is 1. The summed E-state index contributed by atoms with van der Waals surface area (Å²) in [7, 11) is 0. The Hall–Kier alpha value is -2.29. The summed E-state index contributed by atoms with van der Waals surface area (Å²) in [6.45, 7) is 0. The Labute approximate surface area is 125 Å². The Kier molecular flexibility index (Phi) is 4.51. The van der Waals surface area contributed by atoms with Crippen LogP contribution in [0.25, 0.3) is 0 Å². The molecule has 0 saturated carbocycles. The second-order valence-corrected chi connectivity index (χ2v) is 4.48. The molecule has 2 N–H and O–H groups in total. The van der Waals surface area contributed by atoms with Crippen LogP contribution < -0.4 is 10.5 Å². The van der Waals surface area contributed by atoms with Gasteiger partial charge in [0.05, 0.1) is 11.6 Å². The average molecular weight is 339 g/mol. The Bertz CT molecular complexity index is 686. The minimum absolute atomic E-state index is 0.0289. The van der Waals surface area contributed by atoms with Crippen molar-refractivity contribution in [3.63, 3.8) is 0 Å². The molecule has 23 heavy (non-hydrogen) atoms. The highest BCUT2D eigenvalue weighted by Crippen LogP contribution is 2.30. The Morgan fingerprint density at radius 3 is 1.78 bits per heavy atom. The van der Waals surface area contributed by atoms with Crippen molar-refractivity contribution in [1.29, 1.82) is 0 Å². The Morgan fingerprint density at radius 1 is 0.870 bits per heavy atom. The van der Waals surface area contributed by atoms with Crippen LogP contribution in [0.15, 0.2) is 30.3 Å². The van der Waals surface area contributed by atoms with E-state index in [2.05, 4.69) is 4.74 Å². The standard InChI is InChI=1S/C14H8F7NO/c15-8-5-9(16)12(18)10(11(8)17)13(22)6-1-3-7(4-2-6)23-14(19,20)21/h1-5,13H,22H2/t13-/m1/s1. The number of hydrogen-bond acceptors (Lipinski definition) is 2. The van der Waals surface area contributed by atoms with Crippen molar-refractivity contribution in [3.05, 3.63) is 64.7 Å². The van der Waals surface area contributed by atoms with Crippen LogP contribution in [0.1, 0.15) is 17.2 Å². The van der Waals surface area contributed by atoms with Gasteiger partial charge in [-0.3, -0.25) is 0 Å². The number of halogens is 7. The molecule has 2 aromatic rings. The molecule has 0 heterocycles. The summed E-state index contributed by atoms with van der Waals surface area (Å²) in [4.78, 5) is 0. The molecule has 2 aromatic carbocycles. The highest BCUT2D eigenvalue weighted by atomic mass is 19.4. The molecule has 0 saturated heterocycles. The first-order chi connectivity index (χ1) is 10.6. The topological polar surface area (TPSA) is 35.2 Å². The van der Waals surface area contributed by atoms with E-state index in [1.54, 1.807) is 0 Å². The van der Waals surface area contributed by atoms with E-state index in [4.69, 9.17) is 5.73 Å². The molecule has 0 radical (unpaired) electrons. The monoisotopic (exact) mass is 339 g/mol. The van der Waals surface area contributed by atoms with Crippen molar-refractivity contribution >= 4 is 0 Å². The fourth-order valence-electron chi connectivity index (χ4n) is 1.91. The summed E-state index contributed by atoms with van der Waals surface area (Å²) in [5.41, 5.74) is 4.43. The van der Waals surface area contributed by atoms with Gasteiger partial charge in [-0.25, -0.2) is 17.6 Å². The number of ether oxygens (including phenoxy) is 1. The van der Waals surface area contributed by atoms with E-state index in [1.165, 1.54) is 0 Å². The van der Waals surface area contributed by atoms with Crippen LogP contribution in [0, 0.1) is 23.3 Å². The number of alkyl halides is 3. The maximum atomic E-state index is 13.6. The van der Waals surface area contributed by atoms with Gasteiger partial charge in [-0.2, -0.15) is 0 Å². The maximum absolute atomic E-state index is 13.6. The van der Waals surface area contributed by atoms with Crippen LogP contribution in [-0.4, -0.2) is 6.36 Å².